The first-order valence-corrected chi connectivity index (χ1v) is 8.55. The molecule has 0 spiro atoms. The Bertz CT molecular complexity index is 804. The number of nitrogens with zero attached hydrogens (tertiary/aromatic N) is 3. The zero-order valence-corrected chi connectivity index (χ0v) is 13.5. The minimum atomic E-state index is -0.142. The third kappa shape index (κ3) is 2.85. The molecule has 3 saturated heterocycles. The molecule has 1 N–H and O–H groups in total. The highest BCUT2D eigenvalue weighted by Gasteiger charge is 2.30. The van der Waals surface area contributed by atoms with Gasteiger partial charge in [0.25, 0.3) is 5.91 Å². The molecule has 5 heteroatoms. The fourth-order valence-electron chi connectivity index (χ4n) is 3.95. The van der Waals surface area contributed by atoms with E-state index in [4.69, 9.17) is 0 Å². The van der Waals surface area contributed by atoms with E-state index in [1.54, 1.807) is 18.3 Å². The zero-order valence-electron chi connectivity index (χ0n) is 13.5. The summed E-state index contributed by atoms with van der Waals surface area (Å²) < 4.78 is 0. The van der Waals surface area contributed by atoms with Gasteiger partial charge in [0.1, 0.15) is 5.69 Å². The molecule has 0 radical (unpaired) electrons. The van der Waals surface area contributed by atoms with Crippen molar-refractivity contribution in [1.29, 1.82) is 5.26 Å². The van der Waals surface area contributed by atoms with E-state index in [2.05, 4.69) is 21.3 Å². The van der Waals surface area contributed by atoms with Gasteiger partial charge in [0, 0.05) is 29.6 Å². The van der Waals surface area contributed by atoms with E-state index in [0.717, 1.165) is 42.7 Å². The Hall–Kier alpha value is -2.45. The number of benzene rings is 1. The van der Waals surface area contributed by atoms with Crippen molar-refractivity contribution in [1.82, 2.24) is 15.2 Å². The first kappa shape index (κ1) is 15.1. The van der Waals surface area contributed by atoms with Crippen molar-refractivity contribution in [3.8, 4) is 6.07 Å². The van der Waals surface area contributed by atoms with Gasteiger partial charge in [-0.05, 0) is 50.4 Å². The molecule has 5 rings (SSSR count). The van der Waals surface area contributed by atoms with E-state index >= 15 is 0 Å². The highest BCUT2D eigenvalue weighted by molar-refractivity contribution is 5.97. The van der Waals surface area contributed by atoms with Crippen LogP contribution >= 0.6 is 0 Å². The summed E-state index contributed by atoms with van der Waals surface area (Å²) in [5.41, 5.74) is 0.958. The van der Waals surface area contributed by atoms with Gasteiger partial charge in [-0.15, -0.1) is 0 Å². The zero-order chi connectivity index (χ0) is 16.5. The molecular weight excluding hydrogens is 300 g/mol. The molecule has 1 aromatic carbocycles. The number of fused-ring (bicyclic) bond motifs is 5. The van der Waals surface area contributed by atoms with Crippen LogP contribution in [0, 0.1) is 17.2 Å². The number of carbonyl (C=O) groups is 1. The summed E-state index contributed by atoms with van der Waals surface area (Å²) in [4.78, 5) is 19.4. The Kier molecular flexibility index (Phi) is 3.91. The standard InChI is InChI=1S/C19H20N4O/c20-10-14-2-1-3-15-11-21-18(9-17(14)15)19(24)22-16-8-13-4-6-23(12-16)7-5-13/h1-3,9,11,13,16H,4-8,12H2,(H,22,24)/t16-/m1/s1. The Morgan fingerprint density at radius 1 is 1.33 bits per heavy atom. The molecule has 24 heavy (non-hydrogen) atoms. The van der Waals surface area contributed by atoms with Gasteiger partial charge in [-0.2, -0.15) is 5.26 Å². The third-order valence-corrected chi connectivity index (χ3v) is 5.26. The number of nitriles is 1. The fourth-order valence-corrected chi connectivity index (χ4v) is 3.95. The molecule has 0 saturated carbocycles. The van der Waals surface area contributed by atoms with Gasteiger partial charge in [-0.1, -0.05) is 12.1 Å². The molecular formula is C19H20N4O. The van der Waals surface area contributed by atoms with Crippen LogP contribution in [0.1, 0.15) is 35.3 Å². The molecule has 3 fully saturated rings. The molecule has 0 unspecified atom stereocenters. The third-order valence-electron chi connectivity index (χ3n) is 5.26. The average Bonchev–Trinajstić information content (AvgIpc) is 2.93. The van der Waals surface area contributed by atoms with Crippen molar-refractivity contribution in [2.24, 2.45) is 5.92 Å². The molecule has 3 aliphatic heterocycles. The summed E-state index contributed by atoms with van der Waals surface area (Å²) in [6.07, 6.45) is 5.21. The maximum atomic E-state index is 12.6. The van der Waals surface area contributed by atoms with Crippen molar-refractivity contribution < 1.29 is 4.79 Å². The van der Waals surface area contributed by atoms with Crippen LogP contribution in [-0.4, -0.2) is 41.5 Å². The summed E-state index contributed by atoms with van der Waals surface area (Å²) >= 11 is 0. The summed E-state index contributed by atoms with van der Waals surface area (Å²) in [5.74, 6) is 0.584. The lowest BCUT2D eigenvalue weighted by Crippen LogP contribution is -2.42. The SMILES string of the molecule is N#Cc1cccc2cnc(C(=O)N[C@@H]3CC4CCN(CC4)C3)cc12. The van der Waals surface area contributed by atoms with Gasteiger partial charge in [-0.3, -0.25) is 9.78 Å². The number of carbonyl (C=O) groups excluding carboxylic acids is 1. The van der Waals surface area contributed by atoms with E-state index in [-0.39, 0.29) is 11.9 Å². The van der Waals surface area contributed by atoms with Crippen molar-refractivity contribution >= 4 is 16.7 Å². The Morgan fingerprint density at radius 2 is 2.17 bits per heavy atom. The van der Waals surface area contributed by atoms with Gasteiger partial charge in [0.2, 0.25) is 0 Å². The van der Waals surface area contributed by atoms with Crippen molar-refractivity contribution in [3.05, 3.63) is 41.7 Å². The number of pyridine rings is 1. The van der Waals surface area contributed by atoms with E-state index in [1.807, 2.05) is 12.1 Å². The molecule has 4 heterocycles. The predicted molar refractivity (Wildman–Crippen MR) is 91.5 cm³/mol. The molecule has 0 aliphatic carbocycles. The maximum Gasteiger partial charge on any atom is 0.270 e. The van der Waals surface area contributed by atoms with Crippen LogP contribution < -0.4 is 5.32 Å². The van der Waals surface area contributed by atoms with Crippen LogP contribution in [0.4, 0.5) is 0 Å². The van der Waals surface area contributed by atoms with E-state index < -0.39 is 0 Å². The minimum Gasteiger partial charge on any atom is -0.347 e. The summed E-state index contributed by atoms with van der Waals surface area (Å²) in [5, 5.41) is 14.1. The number of amides is 1. The molecule has 2 bridgehead atoms. The lowest BCUT2D eigenvalue weighted by molar-refractivity contribution is 0.0924. The van der Waals surface area contributed by atoms with Gasteiger partial charge >= 0.3 is 0 Å². The van der Waals surface area contributed by atoms with Gasteiger partial charge in [0.05, 0.1) is 11.6 Å². The van der Waals surface area contributed by atoms with Crippen LogP contribution in [0.15, 0.2) is 30.5 Å². The maximum absolute atomic E-state index is 12.6. The number of hydrogen-bond acceptors (Lipinski definition) is 4. The second-order valence-electron chi connectivity index (χ2n) is 6.86. The lowest BCUT2D eigenvalue weighted by atomic mass is 9.94. The molecule has 5 nitrogen and oxygen atoms in total. The highest BCUT2D eigenvalue weighted by atomic mass is 16.1. The molecule has 1 aromatic heterocycles. The quantitative estimate of drug-likeness (QED) is 0.922. The van der Waals surface area contributed by atoms with E-state index in [1.165, 1.54) is 12.8 Å². The largest absolute Gasteiger partial charge is 0.347 e. The molecule has 3 aliphatic rings. The Morgan fingerprint density at radius 3 is 2.96 bits per heavy atom. The lowest BCUT2D eigenvalue weighted by Gasteiger charge is -2.26. The topological polar surface area (TPSA) is 69.0 Å². The molecule has 122 valence electrons. The summed E-state index contributed by atoms with van der Waals surface area (Å²) in [6.45, 7) is 3.23. The summed E-state index contributed by atoms with van der Waals surface area (Å²) in [6, 6.07) is 9.60. The van der Waals surface area contributed by atoms with Crippen LogP contribution in [0.3, 0.4) is 0 Å². The molecule has 2 aromatic rings. The summed E-state index contributed by atoms with van der Waals surface area (Å²) in [7, 11) is 0. The molecule has 1 amide bonds. The average molecular weight is 320 g/mol. The Balaban J connectivity index is 1.56. The van der Waals surface area contributed by atoms with Gasteiger partial charge in [-0.25, -0.2) is 0 Å². The number of aromatic nitrogens is 1. The first-order chi connectivity index (χ1) is 11.7. The van der Waals surface area contributed by atoms with Crippen molar-refractivity contribution in [2.75, 3.05) is 19.6 Å². The van der Waals surface area contributed by atoms with E-state index in [9.17, 15) is 10.1 Å². The van der Waals surface area contributed by atoms with Crippen molar-refractivity contribution in [3.63, 3.8) is 0 Å². The number of nitrogens with one attached hydrogen (secondary N) is 1. The van der Waals surface area contributed by atoms with Crippen LogP contribution in [-0.2, 0) is 0 Å². The fraction of sp³-hybridized carbons (Fsp3) is 0.421. The number of piperidine rings is 1. The van der Waals surface area contributed by atoms with Crippen LogP contribution in [0.2, 0.25) is 0 Å². The highest BCUT2D eigenvalue weighted by Crippen LogP contribution is 2.27. The van der Waals surface area contributed by atoms with Gasteiger partial charge < -0.3 is 10.2 Å². The van der Waals surface area contributed by atoms with Gasteiger partial charge in [0.15, 0.2) is 0 Å². The van der Waals surface area contributed by atoms with Crippen molar-refractivity contribution in [2.45, 2.75) is 25.3 Å². The predicted octanol–water partition coefficient (Wildman–Crippen LogP) is 2.32. The number of hydrogen-bond donors (Lipinski definition) is 1. The first-order valence-electron chi connectivity index (χ1n) is 8.55. The van der Waals surface area contributed by atoms with Crippen LogP contribution in [0.25, 0.3) is 10.8 Å². The Labute approximate surface area is 141 Å². The smallest absolute Gasteiger partial charge is 0.270 e. The monoisotopic (exact) mass is 320 g/mol. The van der Waals surface area contributed by atoms with Crippen LogP contribution in [0.5, 0.6) is 0 Å². The molecule has 1 atom stereocenters. The van der Waals surface area contributed by atoms with E-state index in [0.29, 0.717) is 11.3 Å². The second-order valence-corrected chi connectivity index (χ2v) is 6.86. The normalized spacial score (nSPS) is 25.9. The second kappa shape index (κ2) is 6.21. The minimum absolute atomic E-state index is 0.142. The number of rotatable bonds is 2.